The van der Waals surface area contributed by atoms with Gasteiger partial charge in [0.25, 0.3) is 0 Å². The summed E-state index contributed by atoms with van der Waals surface area (Å²) in [6.07, 6.45) is 3.97. The van der Waals surface area contributed by atoms with Crippen LogP contribution < -0.4 is 5.32 Å². The molecule has 0 radical (unpaired) electrons. The summed E-state index contributed by atoms with van der Waals surface area (Å²) < 4.78 is 2.93. The second-order valence-electron chi connectivity index (χ2n) is 6.62. The minimum Gasteiger partial charge on any atom is -0.357 e. The highest BCUT2D eigenvalue weighted by atomic mass is 127. The first-order valence-electron chi connectivity index (χ1n) is 8.62. The van der Waals surface area contributed by atoms with Gasteiger partial charge in [-0.3, -0.25) is 9.67 Å². The summed E-state index contributed by atoms with van der Waals surface area (Å²) in [4.78, 5) is 11.3. The van der Waals surface area contributed by atoms with Gasteiger partial charge in [0.2, 0.25) is 0 Å². The maximum atomic E-state index is 4.92. The predicted octanol–water partition coefficient (Wildman–Crippen LogP) is 3.32. The van der Waals surface area contributed by atoms with E-state index in [1.54, 1.807) is 11.0 Å². The Morgan fingerprint density at radius 3 is 2.77 bits per heavy atom. The Hall–Kier alpha value is -1.16. The minimum atomic E-state index is 0. The molecule has 3 rings (SSSR count). The van der Waals surface area contributed by atoms with Crippen molar-refractivity contribution in [1.29, 1.82) is 0 Å². The zero-order valence-corrected chi connectivity index (χ0v) is 19.4. The van der Waals surface area contributed by atoms with E-state index in [0.717, 1.165) is 29.3 Å². The van der Waals surface area contributed by atoms with E-state index in [2.05, 4.69) is 67.4 Å². The van der Waals surface area contributed by atoms with Gasteiger partial charge in [0.05, 0.1) is 13.1 Å². The molecule has 1 heterocycles. The first-order chi connectivity index (χ1) is 12.0. The quantitative estimate of drug-likeness (QED) is 0.352. The van der Waals surface area contributed by atoms with Gasteiger partial charge in [0, 0.05) is 30.5 Å². The SMILES string of the molecule is CCNC(=NCC1(c2cccc(Br)c2)CC1)N(C)Cc1ncnn1C.I. The van der Waals surface area contributed by atoms with Crippen molar-refractivity contribution in [2.24, 2.45) is 12.0 Å². The van der Waals surface area contributed by atoms with Crippen LogP contribution in [0.4, 0.5) is 0 Å². The summed E-state index contributed by atoms with van der Waals surface area (Å²) in [5.41, 5.74) is 1.56. The van der Waals surface area contributed by atoms with E-state index in [0.29, 0.717) is 6.54 Å². The lowest BCUT2D eigenvalue weighted by atomic mass is 9.96. The van der Waals surface area contributed by atoms with E-state index < -0.39 is 0 Å². The van der Waals surface area contributed by atoms with E-state index in [4.69, 9.17) is 4.99 Å². The van der Waals surface area contributed by atoms with Gasteiger partial charge in [-0.05, 0) is 37.5 Å². The van der Waals surface area contributed by atoms with Gasteiger partial charge in [-0.15, -0.1) is 24.0 Å². The fourth-order valence-electron chi connectivity index (χ4n) is 2.95. The molecule has 8 heteroatoms. The van der Waals surface area contributed by atoms with Crippen molar-refractivity contribution in [2.75, 3.05) is 20.1 Å². The standard InChI is InChI=1S/C18H25BrN6.HI/c1-4-20-17(24(2)11-16-22-13-23-25(16)3)21-12-18(8-9-18)14-6-5-7-15(19)10-14;/h5-7,10,13H,4,8-9,11-12H2,1-3H3,(H,20,21);1H. The van der Waals surface area contributed by atoms with Crippen LogP contribution >= 0.6 is 39.9 Å². The monoisotopic (exact) mass is 532 g/mol. The molecule has 0 spiro atoms. The van der Waals surface area contributed by atoms with Crippen LogP contribution in [0.3, 0.4) is 0 Å². The van der Waals surface area contributed by atoms with Crippen LogP contribution in [-0.2, 0) is 19.0 Å². The molecule has 1 aromatic heterocycles. The van der Waals surface area contributed by atoms with Crippen LogP contribution in [0, 0.1) is 0 Å². The summed E-state index contributed by atoms with van der Waals surface area (Å²) in [5.74, 6) is 1.83. The first kappa shape index (κ1) is 21.1. The van der Waals surface area contributed by atoms with Crippen LogP contribution in [-0.4, -0.2) is 45.8 Å². The van der Waals surface area contributed by atoms with Gasteiger partial charge in [-0.25, -0.2) is 4.98 Å². The number of hydrogen-bond donors (Lipinski definition) is 1. The zero-order valence-electron chi connectivity index (χ0n) is 15.4. The van der Waals surface area contributed by atoms with E-state index in [1.165, 1.54) is 18.4 Å². The average molecular weight is 533 g/mol. The predicted molar refractivity (Wildman–Crippen MR) is 119 cm³/mol. The maximum absolute atomic E-state index is 4.92. The van der Waals surface area contributed by atoms with Crippen molar-refractivity contribution in [2.45, 2.75) is 31.7 Å². The number of nitrogens with zero attached hydrogens (tertiary/aromatic N) is 5. The fraction of sp³-hybridized carbons (Fsp3) is 0.500. The molecule has 0 amide bonds. The second-order valence-corrected chi connectivity index (χ2v) is 7.53. The average Bonchev–Trinajstić information content (AvgIpc) is 3.29. The lowest BCUT2D eigenvalue weighted by molar-refractivity contribution is 0.447. The van der Waals surface area contributed by atoms with Crippen molar-refractivity contribution < 1.29 is 0 Å². The van der Waals surface area contributed by atoms with E-state index >= 15 is 0 Å². The second kappa shape index (κ2) is 9.16. The highest BCUT2D eigenvalue weighted by molar-refractivity contribution is 14.0. The number of guanidine groups is 1. The molecule has 26 heavy (non-hydrogen) atoms. The molecule has 142 valence electrons. The van der Waals surface area contributed by atoms with Crippen LogP contribution in [0.2, 0.25) is 0 Å². The number of hydrogen-bond acceptors (Lipinski definition) is 3. The Balaban J connectivity index is 0.00000243. The summed E-state index contributed by atoms with van der Waals surface area (Å²) in [5, 5.41) is 7.52. The highest BCUT2D eigenvalue weighted by Crippen LogP contribution is 2.48. The molecular weight excluding hydrogens is 507 g/mol. The molecule has 1 saturated carbocycles. The van der Waals surface area contributed by atoms with E-state index in [1.807, 2.05) is 14.1 Å². The molecule has 1 aliphatic rings. The summed E-state index contributed by atoms with van der Waals surface area (Å²) >= 11 is 3.58. The number of rotatable bonds is 6. The Morgan fingerprint density at radius 1 is 1.42 bits per heavy atom. The topological polar surface area (TPSA) is 58.3 Å². The maximum Gasteiger partial charge on any atom is 0.194 e. The van der Waals surface area contributed by atoms with Gasteiger partial charge in [0.15, 0.2) is 5.96 Å². The fourth-order valence-corrected chi connectivity index (χ4v) is 3.35. The Labute approximate surface area is 180 Å². The molecule has 1 aromatic carbocycles. The van der Waals surface area contributed by atoms with Gasteiger partial charge < -0.3 is 10.2 Å². The molecule has 6 nitrogen and oxygen atoms in total. The zero-order chi connectivity index (χ0) is 17.9. The van der Waals surface area contributed by atoms with Crippen LogP contribution in [0.5, 0.6) is 0 Å². The molecule has 0 unspecified atom stereocenters. The normalized spacial score (nSPS) is 15.3. The number of aryl methyl sites for hydroxylation is 1. The van der Waals surface area contributed by atoms with Crippen molar-refractivity contribution in [1.82, 2.24) is 25.0 Å². The lowest BCUT2D eigenvalue weighted by Crippen LogP contribution is -2.39. The molecule has 1 fully saturated rings. The van der Waals surface area contributed by atoms with Gasteiger partial charge in [-0.1, -0.05) is 28.1 Å². The number of nitrogens with one attached hydrogen (secondary N) is 1. The summed E-state index contributed by atoms with van der Waals surface area (Å²) in [7, 11) is 3.95. The van der Waals surface area contributed by atoms with Crippen LogP contribution in [0.25, 0.3) is 0 Å². The number of aromatic nitrogens is 3. The number of halogens is 2. The smallest absolute Gasteiger partial charge is 0.194 e. The summed E-state index contributed by atoms with van der Waals surface area (Å²) in [6, 6.07) is 8.61. The largest absolute Gasteiger partial charge is 0.357 e. The third-order valence-corrected chi connectivity index (χ3v) is 5.20. The Kier molecular flexibility index (Phi) is 7.45. The molecule has 0 bridgehead atoms. The number of benzene rings is 1. The van der Waals surface area contributed by atoms with Crippen LogP contribution in [0.15, 0.2) is 40.1 Å². The van der Waals surface area contributed by atoms with Crippen molar-refractivity contribution in [3.8, 4) is 0 Å². The van der Waals surface area contributed by atoms with Crippen molar-refractivity contribution in [3.05, 3.63) is 46.5 Å². The summed E-state index contributed by atoms with van der Waals surface area (Å²) in [6.45, 7) is 4.40. The van der Waals surface area contributed by atoms with Crippen molar-refractivity contribution >= 4 is 45.9 Å². The van der Waals surface area contributed by atoms with Crippen LogP contribution in [0.1, 0.15) is 31.2 Å². The highest BCUT2D eigenvalue weighted by Gasteiger charge is 2.44. The molecular formula is C18H26BrIN6. The van der Waals surface area contributed by atoms with E-state index in [-0.39, 0.29) is 29.4 Å². The van der Waals surface area contributed by atoms with Gasteiger partial charge in [-0.2, -0.15) is 5.10 Å². The Morgan fingerprint density at radius 2 is 2.19 bits per heavy atom. The molecule has 0 atom stereocenters. The third kappa shape index (κ3) is 4.97. The minimum absolute atomic E-state index is 0. The number of aliphatic imine (C=N–C) groups is 1. The third-order valence-electron chi connectivity index (χ3n) is 4.70. The van der Waals surface area contributed by atoms with Gasteiger partial charge in [0.1, 0.15) is 12.2 Å². The van der Waals surface area contributed by atoms with Crippen molar-refractivity contribution in [3.63, 3.8) is 0 Å². The molecule has 1 aliphatic carbocycles. The Bertz CT molecular complexity index is 756. The molecule has 1 N–H and O–H groups in total. The molecule has 0 saturated heterocycles. The lowest BCUT2D eigenvalue weighted by Gasteiger charge is -2.23. The molecule has 2 aromatic rings. The van der Waals surface area contributed by atoms with Gasteiger partial charge >= 0.3 is 0 Å². The van der Waals surface area contributed by atoms with E-state index in [9.17, 15) is 0 Å². The molecule has 0 aliphatic heterocycles. The first-order valence-corrected chi connectivity index (χ1v) is 9.42.